The molecule has 0 saturated heterocycles. The van der Waals surface area contributed by atoms with Gasteiger partial charge in [-0.25, -0.2) is 0 Å². The highest BCUT2D eigenvalue weighted by molar-refractivity contribution is 6.30. The third-order valence-corrected chi connectivity index (χ3v) is 3.22. The molecule has 1 amide bonds. The fourth-order valence-corrected chi connectivity index (χ4v) is 2.09. The Morgan fingerprint density at radius 3 is 2.60 bits per heavy atom. The Labute approximate surface area is 123 Å². The first-order valence-corrected chi connectivity index (χ1v) is 6.81. The number of hydrogen-bond acceptors (Lipinski definition) is 3. The second-order valence-electron chi connectivity index (χ2n) is 4.80. The van der Waals surface area contributed by atoms with E-state index in [1.165, 1.54) is 0 Å². The molecule has 104 valence electrons. The summed E-state index contributed by atoms with van der Waals surface area (Å²) in [6.07, 6.45) is 0. The SMILES string of the molecule is CC(C)c1cc(C(=O)NCc2ccccc2)nnc1Cl. The van der Waals surface area contributed by atoms with Crippen LogP contribution in [0.3, 0.4) is 0 Å². The first kappa shape index (κ1) is 14.5. The lowest BCUT2D eigenvalue weighted by atomic mass is 10.1. The molecule has 0 aliphatic rings. The number of halogens is 1. The van der Waals surface area contributed by atoms with Gasteiger partial charge in [-0.1, -0.05) is 55.8 Å². The van der Waals surface area contributed by atoms with Gasteiger partial charge in [0.2, 0.25) is 0 Å². The maximum Gasteiger partial charge on any atom is 0.272 e. The number of carbonyl (C=O) groups excluding carboxylic acids is 1. The van der Waals surface area contributed by atoms with Crippen LogP contribution in [-0.4, -0.2) is 16.1 Å². The molecule has 0 aliphatic heterocycles. The van der Waals surface area contributed by atoms with Crippen LogP contribution in [0.25, 0.3) is 0 Å². The molecule has 0 unspecified atom stereocenters. The number of rotatable bonds is 4. The number of nitrogens with one attached hydrogen (secondary N) is 1. The highest BCUT2D eigenvalue weighted by Crippen LogP contribution is 2.21. The molecular weight excluding hydrogens is 274 g/mol. The lowest BCUT2D eigenvalue weighted by molar-refractivity contribution is 0.0944. The van der Waals surface area contributed by atoms with Crippen molar-refractivity contribution < 1.29 is 4.79 Å². The lowest BCUT2D eigenvalue weighted by Crippen LogP contribution is -2.24. The van der Waals surface area contributed by atoms with Gasteiger partial charge in [0.1, 0.15) is 0 Å². The van der Waals surface area contributed by atoms with E-state index in [0.717, 1.165) is 11.1 Å². The first-order valence-electron chi connectivity index (χ1n) is 6.43. The Bertz CT molecular complexity index is 599. The minimum absolute atomic E-state index is 0.193. The summed E-state index contributed by atoms with van der Waals surface area (Å²) < 4.78 is 0. The standard InChI is InChI=1S/C15H16ClN3O/c1-10(2)12-8-13(18-19-14(12)16)15(20)17-9-11-6-4-3-5-7-11/h3-8,10H,9H2,1-2H3,(H,17,20). The monoisotopic (exact) mass is 289 g/mol. The fourth-order valence-electron chi connectivity index (χ4n) is 1.78. The number of nitrogens with zero attached hydrogens (tertiary/aromatic N) is 2. The fraction of sp³-hybridized carbons (Fsp3) is 0.267. The first-order chi connectivity index (χ1) is 9.58. The number of benzene rings is 1. The average molecular weight is 290 g/mol. The summed E-state index contributed by atoms with van der Waals surface area (Å²) in [4.78, 5) is 12.0. The van der Waals surface area contributed by atoms with E-state index in [2.05, 4.69) is 15.5 Å². The molecule has 0 spiro atoms. The Morgan fingerprint density at radius 1 is 1.25 bits per heavy atom. The predicted molar refractivity (Wildman–Crippen MR) is 78.7 cm³/mol. The molecule has 0 atom stereocenters. The molecule has 0 fully saturated rings. The van der Waals surface area contributed by atoms with Gasteiger partial charge in [0.15, 0.2) is 10.8 Å². The smallest absolute Gasteiger partial charge is 0.272 e. The van der Waals surface area contributed by atoms with Crippen molar-refractivity contribution in [2.75, 3.05) is 0 Å². The molecule has 0 radical (unpaired) electrons. The molecule has 1 N–H and O–H groups in total. The Balaban J connectivity index is 2.08. The molecule has 0 saturated carbocycles. The van der Waals surface area contributed by atoms with E-state index in [1.54, 1.807) is 6.07 Å². The van der Waals surface area contributed by atoms with E-state index in [1.807, 2.05) is 44.2 Å². The molecule has 4 nitrogen and oxygen atoms in total. The molecule has 1 aromatic heterocycles. The number of amides is 1. The van der Waals surface area contributed by atoms with Gasteiger partial charge in [-0.2, -0.15) is 0 Å². The quantitative estimate of drug-likeness (QED) is 0.940. The van der Waals surface area contributed by atoms with E-state index >= 15 is 0 Å². The van der Waals surface area contributed by atoms with Gasteiger partial charge in [-0.3, -0.25) is 4.79 Å². The van der Waals surface area contributed by atoms with Crippen LogP contribution in [0.2, 0.25) is 5.15 Å². The second-order valence-corrected chi connectivity index (χ2v) is 5.16. The molecule has 0 aliphatic carbocycles. The second kappa shape index (κ2) is 6.48. The molecule has 1 aromatic carbocycles. The van der Waals surface area contributed by atoms with Crippen molar-refractivity contribution in [3.63, 3.8) is 0 Å². The van der Waals surface area contributed by atoms with Crippen LogP contribution in [0.15, 0.2) is 36.4 Å². The maximum atomic E-state index is 12.0. The van der Waals surface area contributed by atoms with Crippen molar-refractivity contribution in [1.29, 1.82) is 0 Å². The molecule has 5 heteroatoms. The van der Waals surface area contributed by atoms with Crippen LogP contribution < -0.4 is 5.32 Å². The van der Waals surface area contributed by atoms with Crippen molar-refractivity contribution in [2.45, 2.75) is 26.3 Å². The van der Waals surface area contributed by atoms with Gasteiger partial charge in [-0.05, 0) is 23.1 Å². The Kier molecular flexibility index (Phi) is 4.69. The van der Waals surface area contributed by atoms with E-state index in [-0.39, 0.29) is 17.5 Å². The van der Waals surface area contributed by atoms with Gasteiger partial charge in [0.05, 0.1) is 0 Å². The zero-order chi connectivity index (χ0) is 14.5. The van der Waals surface area contributed by atoms with Crippen LogP contribution >= 0.6 is 11.6 Å². The van der Waals surface area contributed by atoms with E-state index in [9.17, 15) is 4.79 Å². The van der Waals surface area contributed by atoms with Crippen molar-refractivity contribution in [2.24, 2.45) is 0 Å². The van der Waals surface area contributed by atoms with Gasteiger partial charge < -0.3 is 5.32 Å². The maximum absolute atomic E-state index is 12.0. The number of aromatic nitrogens is 2. The summed E-state index contributed by atoms with van der Waals surface area (Å²) in [6.45, 7) is 4.45. The summed E-state index contributed by atoms with van der Waals surface area (Å²) in [6, 6.07) is 11.4. The highest BCUT2D eigenvalue weighted by atomic mass is 35.5. The van der Waals surface area contributed by atoms with Gasteiger partial charge >= 0.3 is 0 Å². The molecule has 2 rings (SSSR count). The van der Waals surface area contributed by atoms with Gasteiger partial charge in [-0.15, -0.1) is 10.2 Å². The molecular formula is C15H16ClN3O. The minimum atomic E-state index is -0.250. The largest absolute Gasteiger partial charge is 0.347 e. The van der Waals surface area contributed by atoms with E-state index < -0.39 is 0 Å². The van der Waals surface area contributed by atoms with Crippen LogP contribution in [0.4, 0.5) is 0 Å². The van der Waals surface area contributed by atoms with Crippen LogP contribution in [0.5, 0.6) is 0 Å². The van der Waals surface area contributed by atoms with Gasteiger partial charge in [0.25, 0.3) is 5.91 Å². The summed E-state index contributed by atoms with van der Waals surface area (Å²) in [7, 11) is 0. The summed E-state index contributed by atoms with van der Waals surface area (Å²) in [5.74, 6) is -0.0569. The third kappa shape index (κ3) is 3.54. The minimum Gasteiger partial charge on any atom is -0.347 e. The van der Waals surface area contributed by atoms with Crippen molar-refractivity contribution >= 4 is 17.5 Å². The zero-order valence-electron chi connectivity index (χ0n) is 11.4. The summed E-state index contributed by atoms with van der Waals surface area (Å²) >= 11 is 5.96. The number of hydrogen-bond donors (Lipinski definition) is 1. The predicted octanol–water partition coefficient (Wildman–Crippen LogP) is 3.18. The van der Waals surface area contributed by atoms with Crippen LogP contribution in [-0.2, 0) is 6.54 Å². The third-order valence-electron chi connectivity index (χ3n) is 2.93. The van der Waals surface area contributed by atoms with E-state index in [4.69, 9.17) is 11.6 Å². The summed E-state index contributed by atoms with van der Waals surface area (Å²) in [5.41, 5.74) is 2.15. The summed E-state index contributed by atoms with van der Waals surface area (Å²) in [5, 5.41) is 10.8. The van der Waals surface area contributed by atoms with E-state index in [0.29, 0.717) is 11.7 Å². The van der Waals surface area contributed by atoms with Crippen molar-refractivity contribution in [3.8, 4) is 0 Å². The molecule has 2 aromatic rings. The average Bonchev–Trinajstić information content (AvgIpc) is 2.46. The van der Waals surface area contributed by atoms with Gasteiger partial charge in [0, 0.05) is 6.54 Å². The van der Waals surface area contributed by atoms with Crippen LogP contribution in [0, 0.1) is 0 Å². The molecule has 20 heavy (non-hydrogen) atoms. The zero-order valence-corrected chi connectivity index (χ0v) is 12.2. The Hall–Kier alpha value is -1.94. The van der Waals surface area contributed by atoms with Crippen molar-refractivity contribution in [1.82, 2.24) is 15.5 Å². The molecule has 1 heterocycles. The molecule has 0 bridgehead atoms. The Morgan fingerprint density at radius 2 is 1.95 bits per heavy atom. The normalized spacial score (nSPS) is 10.6. The number of carbonyl (C=O) groups is 1. The highest BCUT2D eigenvalue weighted by Gasteiger charge is 2.13. The van der Waals surface area contributed by atoms with Crippen molar-refractivity contribution in [3.05, 3.63) is 58.4 Å². The van der Waals surface area contributed by atoms with Crippen LogP contribution in [0.1, 0.15) is 41.4 Å². The topological polar surface area (TPSA) is 54.9 Å². The lowest BCUT2D eigenvalue weighted by Gasteiger charge is -2.09.